The zero-order valence-corrected chi connectivity index (χ0v) is 32.6. The molecular weight excluding hydrogens is 715 g/mol. The number of hydrogen-bond donors (Lipinski definition) is 0. The molecule has 3 nitrogen and oxygen atoms in total. The normalized spacial score (nSPS) is 17.3. The van der Waals surface area contributed by atoms with E-state index in [-0.39, 0.29) is 0 Å². The smallest absolute Gasteiger partial charge is 0.160 e. The third kappa shape index (κ3) is 5.84. The van der Waals surface area contributed by atoms with E-state index in [1.54, 1.807) is 0 Å². The molecule has 0 aliphatic heterocycles. The summed E-state index contributed by atoms with van der Waals surface area (Å²) < 4.78 is 0. The Balaban J connectivity index is 0.951. The van der Waals surface area contributed by atoms with Crippen molar-refractivity contribution in [3.05, 3.63) is 216 Å². The maximum absolute atomic E-state index is 5.33. The lowest BCUT2D eigenvalue weighted by atomic mass is 9.91. The molecule has 278 valence electrons. The van der Waals surface area contributed by atoms with Gasteiger partial charge in [0.05, 0.1) is 11.4 Å². The standard InChI is InChI=1S/C56H39N3/c1-2-11-36(12-3-1)55-49-28-26-41(31-51(49)55)54-32-53(40-15-10-14-39(29-40)52-34-57-33-42-13-4-5-16-43(42)52)58-56(59-54)37-23-21-35(22-24-37)38-25-27-48-46-19-7-6-17-44(46)45-18-8-9-20-47(45)50(48)30-38/h2,4-9,11-14,16-34,49H,1,3,10,15H2/t49-/m1/s1. The third-order valence-corrected chi connectivity index (χ3v) is 12.6. The van der Waals surface area contributed by atoms with Crippen LogP contribution in [0.5, 0.6) is 0 Å². The maximum Gasteiger partial charge on any atom is 0.160 e. The summed E-state index contributed by atoms with van der Waals surface area (Å²) in [6.07, 6.45) is 26.7. The predicted octanol–water partition coefficient (Wildman–Crippen LogP) is 14.2. The Kier molecular flexibility index (Phi) is 7.87. The molecular formula is C56H39N3. The summed E-state index contributed by atoms with van der Waals surface area (Å²) in [7, 11) is 0. The number of fused-ring (bicyclic) bond motifs is 8. The van der Waals surface area contributed by atoms with Gasteiger partial charge in [-0.3, -0.25) is 4.98 Å². The minimum Gasteiger partial charge on any atom is -0.263 e. The van der Waals surface area contributed by atoms with Gasteiger partial charge in [-0.15, -0.1) is 0 Å². The van der Waals surface area contributed by atoms with Crippen molar-refractivity contribution < 1.29 is 0 Å². The molecule has 0 saturated heterocycles. The van der Waals surface area contributed by atoms with Gasteiger partial charge in [-0.1, -0.05) is 146 Å². The molecule has 0 amide bonds. The van der Waals surface area contributed by atoms with Crippen LogP contribution in [0.25, 0.3) is 82.3 Å². The lowest BCUT2D eigenvalue weighted by Crippen LogP contribution is -2.03. The average molecular weight is 754 g/mol. The molecule has 59 heavy (non-hydrogen) atoms. The van der Waals surface area contributed by atoms with Crippen molar-refractivity contribution in [2.24, 2.45) is 5.92 Å². The molecule has 6 aromatic carbocycles. The number of benzene rings is 6. The van der Waals surface area contributed by atoms with Crippen molar-refractivity contribution in [3.63, 3.8) is 0 Å². The van der Waals surface area contributed by atoms with Crippen molar-refractivity contribution in [2.75, 3.05) is 0 Å². The van der Waals surface area contributed by atoms with E-state index in [2.05, 4.69) is 175 Å². The minimum absolute atomic E-state index is 0.413. The summed E-state index contributed by atoms with van der Waals surface area (Å²) >= 11 is 0. The Morgan fingerprint density at radius 2 is 1.17 bits per heavy atom. The van der Waals surface area contributed by atoms with Gasteiger partial charge in [0.1, 0.15) is 0 Å². The molecule has 12 rings (SSSR count). The van der Waals surface area contributed by atoms with E-state index < -0.39 is 0 Å². The second kappa shape index (κ2) is 13.7. The quantitative estimate of drug-likeness (QED) is 0.159. The topological polar surface area (TPSA) is 38.7 Å². The molecule has 0 N–H and O–H groups in total. The third-order valence-electron chi connectivity index (χ3n) is 12.6. The van der Waals surface area contributed by atoms with Crippen molar-refractivity contribution >= 4 is 59.8 Å². The molecule has 3 heteroatoms. The molecule has 4 aliphatic rings. The second-order valence-corrected chi connectivity index (χ2v) is 16.1. The number of aromatic nitrogens is 3. The first-order chi connectivity index (χ1) is 29.2. The van der Waals surface area contributed by atoms with Gasteiger partial charge in [-0.25, -0.2) is 9.97 Å². The van der Waals surface area contributed by atoms with Gasteiger partial charge in [0.2, 0.25) is 0 Å². The van der Waals surface area contributed by atoms with Gasteiger partial charge in [0, 0.05) is 40.4 Å². The highest BCUT2D eigenvalue weighted by Gasteiger charge is 2.36. The molecule has 2 aromatic heterocycles. The summed E-state index contributed by atoms with van der Waals surface area (Å²) in [5, 5.41) is 10.1. The van der Waals surface area contributed by atoms with E-state index in [4.69, 9.17) is 9.97 Å². The monoisotopic (exact) mass is 753 g/mol. The Hall–Kier alpha value is -7.23. The zero-order valence-electron chi connectivity index (χ0n) is 32.6. The van der Waals surface area contributed by atoms with E-state index >= 15 is 0 Å². The summed E-state index contributed by atoms with van der Waals surface area (Å²) in [4.78, 5) is 15.2. The zero-order chi connectivity index (χ0) is 38.9. The highest BCUT2D eigenvalue weighted by Crippen LogP contribution is 2.51. The van der Waals surface area contributed by atoms with Gasteiger partial charge in [0.15, 0.2) is 5.82 Å². The van der Waals surface area contributed by atoms with E-state index in [1.807, 2.05) is 12.4 Å². The van der Waals surface area contributed by atoms with E-state index in [0.717, 1.165) is 65.0 Å². The van der Waals surface area contributed by atoms with Crippen LogP contribution in [0.4, 0.5) is 0 Å². The predicted molar refractivity (Wildman–Crippen MR) is 246 cm³/mol. The first-order valence-corrected chi connectivity index (χ1v) is 20.8. The average Bonchev–Trinajstić information content (AvgIpc) is 4.05. The fourth-order valence-corrected chi connectivity index (χ4v) is 9.58. The molecule has 0 radical (unpaired) electrons. The van der Waals surface area contributed by atoms with Crippen LogP contribution in [0.1, 0.15) is 42.6 Å². The van der Waals surface area contributed by atoms with Gasteiger partial charge in [-0.2, -0.15) is 0 Å². The highest BCUT2D eigenvalue weighted by atomic mass is 14.9. The lowest BCUT2D eigenvalue weighted by molar-refractivity contribution is 1.01. The Morgan fingerprint density at radius 1 is 0.492 bits per heavy atom. The molecule has 1 atom stereocenters. The molecule has 0 fully saturated rings. The number of hydrogen-bond acceptors (Lipinski definition) is 3. The summed E-state index contributed by atoms with van der Waals surface area (Å²) in [6.45, 7) is 0. The fraction of sp³-hybridized carbons (Fsp3) is 0.0893. The number of allylic oxidation sites excluding steroid dienone is 14. The first kappa shape index (κ1) is 33.9. The number of rotatable bonds is 6. The van der Waals surface area contributed by atoms with Crippen LogP contribution in [0.3, 0.4) is 0 Å². The van der Waals surface area contributed by atoms with Crippen LogP contribution in [-0.4, -0.2) is 15.0 Å². The molecule has 0 spiro atoms. The SMILES string of the molecule is C1=CC(C2=C3C=C(c4cc(C5=CC(c6cncc7ccccc67)=CCC5)nc(-c5ccc(-c6ccc7c8ccccc8c8ccccc8c7c6)cc5)n4)C=C[C@H]32)=CCC1. The molecule has 8 aromatic rings. The van der Waals surface area contributed by atoms with E-state index in [0.29, 0.717) is 5.92 Å². The molecule has 0 saturated carbocycles. The number of pyridine rings is 1. The molecule has 0 unspecified atom stereocenters. The van der Waals surface area contributed by atoms with Crippen molar-refractivity contribution in [1.82, 2.24) is 15.0 Å². The van der Waals surface area contributed by atoms with Gasteiger partial charge >= 0.3 is 0 Å². The van der Waals surface area contributed by atoms with Gasteiger partial charge in [-0.05, 0) is 127 Å². The van der Waals surface area contributed by atoms with E-state index in [1.165, 1.54) is 76.7 Å². The van der Waals surface area contributed by atoms with Crippen LogP contribution in [0.2, 0.25) is 0 Å². The molecule has 2 heterocycles. The summed E-state index contributed by atoms with van der Waals surface area (Å²) in [5.74, 6) is 1.15. The molecule has 4 aliphatic carbocycles. The minimum atomic E-state index is 0.413. The van der Waals surface area contributed by atoms with Crippen molar-refractivity contribution in [1.29, 1.82) is 0 Å². The van der Waals surface area contributed by atoms with Crippen LogP contribution in [0, 0.1) is 5.92 Å². The Morgan fingerprint density at radius 3 is 1.95 bits per heavy atom. The second-order valence-electron chi connectivity index (χ2n) is 16.1. The van der Waals surface area contributed by atoms with Crippen LogP contribution < -0.4 is 0 Å². The first-order valence-electron chi connectivity index (χ1n) is 20.8. The van der Waals surface area contributed by atoms with Crippen LogP contribution in [-0.2, 0) is 0 Å². The lowest BCUT2D eigenvalue weighted by Gasteiger charge is -2.17. The Labute approximate surface area is 343 Å². The van der Waals surface area contributed by atoms with Crippen LogP contribution in [0.15, 0.2) is 199 Å². The van der Waals surface area contributed by atoms with Crippen molar-refractivity contribution in [2.45, 2.75) is 25.7 Å². The molecule has 0 bridgehead atoms. The maximum atomic E-state index is 5.33. The number of nitrogens with zero attached hydrogens (tertiary/aromatic N) is 3. The summed E-state index contributed by atoms with van der Waals surface area (Å²) in [6, 6.07) is 44.0. The fourth-order valence-electron chi connectivity index (χ4n) is 9.58. The summed E-state index contributed by atoms with van der Waals surface area (Å²) in [5.41, 5.74) is 14.2. The highest BCUT2D eigenvalue weighted by molar-refractivity contribution is 6.25. The van der Waals surface area contributed by atoms with Gasteiger partial charge in [0.25, 0.3) is 0 Å². The van der Waals surface area contributed by atoms with Gasteiger partial charge < -0.3 is 0 Å². The van der Waals surface area contributed by atoms with Crippen LogP contribution >= 0.6 is 0 Å². The van der Waals surface area contributed by atoms with Crippen molar-refractivity contribution in [3.8, 4) is 22.5 Å². The Bertz CT molecular complexity index is 3270. The van der Waals surface area contributed by atoms with E-state index in [9.17, 15) is 0 Å². The largest absolute Gasteiger partial charge is 0.263 e.